The molecular formula is C12H16N6O2. The van der Waals surface area contributed by atoms with Crippen molar-refractivity contribution in [3.05, 3.63) is 18.5 Å². The van der Waals surface area contributed by atoms with E-state index in [1.54, 1.807) is 16.9 Å². The Bertz CT molecular complexity index is 589. The monoisotopic (exact) mass is 276 g/mol. The van der Waals surface area contributed by atoms with Gasteiger partial charge in [0.15, 0.2) is 5.82 Å². The van der Waals surface area contributed by atoms with Gasteiger partial charge in [0, 0.05) is 5.56 Å². The van der Waals surface area contributed by atoms with E-state index in [0.29, 0.717) is 11.4 Å². The maximum absolute atomic E-state index is 11.1. The first-order valence-electron chi connectivity index (χ1n) is 6.16. The van der Waals surface area contributed by atoms with Crippen LogP contribution in [-0.4, -0.2) is 41.5 Å². The molecule has 2 aromatic heterocycles. The lowest BCUT2D eigenvalue weighted by atomic mass is 9.84. The molecule has 2 heterocycles. The molecule has 1 N–H and O–H groups in total. The van der Waals surface area contributed by atoms with Gasteiger partial charge in [-0.3, -0.25) is 4.79 Å². The lowest BCUT2D eigenvalue weighted by molar-refractivity contribution is -0.138. The van der Waals surface area contributed by atoms with E-state index in [9.17, 15) is 4.79 Å². The average molecular weight is 276 g/mol. The van der Waals surface area contributed by atoms with Crippen LogP contribution in [0.2, 0.25) is 0 Å². The number of aliphatic carboxylic acids is 1. The first-order chi connectivity index (χ1) is 9.39. The highest BCUT2D eigenvalue weighted by molar-refractivity contribution is 5.67. The van der Waals surface area contributed by atoms with Gasteiger partial charge in [0.25, 0.3) is 0 Å². The quantitative estimate of drug-likeness (QED) is 0.893. The van der Waals surface area contributed by atoms with Crippen LogP contribution >= 0.6 is 0 Å². The number of nitrogens with zero attached hydrogens (tertiary/aromatic N) is 6. The molecular weight excluding hydrogens is 260 g/mol. The zero-order chi connectivity index (χ0) is 14.8. The van der Waals surface area contributed by atoms with Crippen LogP contribution in [0.5, 0.6) is 0 Å². The van der Waals surface area contributed by atoms with Gasteiger partial charge >= 0.3 is 5.97 Å². The second-order valence-corrected chi connectivity index (χ2v) is 5.56. The minimum absolute atomic E-state index is 0.0555. The summed E-state index contributed by atoms with van der Waals surface area (Å²) in [4.78, 5) is 11.1. The first-order valence-corrected chi connectivity index (χ1v) is 6.16. The number of carbonyl (C=O) groups is 1. The molecule has 2 aromatic rings. The van der Waals surface area contributed by atoms with Gasteiger partial charge in [-0.1, -0.05) is 20.8 Å². The second-order valence-electron chi connectivity index (χ2n) is 5.56. The molecule has 2 rings (SSSR count). The largest absolute Gasteiger partial charge is 0.481 e. The van der Waals surface area contributed by atoms with Crippen molar-refractivity contribution in [2.75, 3.05) is 0 Å². The summed E-state index contributed by atoms with van der Waals surface area (Å²) in [7, 11) is 0. The van der Waals surface area contributed by atoms with Gasteiger partial charge in [0.2, 0.25) is 0 Å². The Balaban J connectivity index is 2.46. The van der Waals surface area contributed by atoms with E-state index in [-0.39, 0.29) is 17.9 Å². The third-order valence-electron chi connectivity index (χ3n) is 3.00. The lowest BCUT2D eigenvalue weighted by Gasteiger charge is -2.29. The van der Waals surface area contributed by atoms with Crippen molar-refractivity contribution < 1.29 is 9.90 Å². The fourth-order valence-corrected chi connectivity index (χ4v) is 1.94. The molecule has 0 aliphatic heterocycles. The van der Waals surface area contributed by atoms with E-state index in [1.165, 1.54) is 6.20 Å². The molecule has 0 aliphatic rings. The van der Waals surface area contributed by atoms with Crippen molar-refractivity contribution in [3.8, 4) is 11.4 Å². The fourth-order valence-electron chi connectivity index (χ4n) is 1.94. The summed E-state index contributed by atoms with van der Waals surface area (Å²) in [5.41, 5.74) is 0.396. The molecule has 1 unspecified atom stereocenters. The van der Waals surface area contributed by atoms with Gasteiger partial charge in [-0.15, -0.1) is 5.10 Å². The summed E-state index contributed by atoms with van der Waals surface area (Å²) in [6.45, 7) is 5.87. The van der Waals surface area contributed by atoms with Gasteiger partial charge in [-0.05, 0) is 21.9 Å². The van der Waals surface area contributed by atoms with E-state index >= 15 is 0 Å². The predicted molar refractivity (Wildman–Crippen MR) is 69.6 cm³/mol. The Morgan fingerprint density at radius 1 is 1.40 bits per heavy atom. The number of carboxylic acid groups (broad SMARTS) is 1. The molecule has 0 spiro atoms. The Kier molecular flexibility index (Phi) is 3.73. The molecule has 0 aromatic carbocycles. The standard InChI is InChI=1S/C12H16N6O2/c1-12(2,3)9(6-10(19)20)18-11(15-16-17-18)8-4-5-13-14-7-8/h4-5,7,9H,6H2,1-3H3,(H,19,20). The van der Waals surface area contributed by atoms with E-state index in [2.05, 4.69) is 25.7 Å². The number of tetrazole rings is 1. The van der Waals surface area contributed by atoms with Crippen LogP contribution in [-0.2, 0) is 4.79 Å². The van der Waals surface area contributed by atoms with Crippen LogP contribution in [0, 0.1) is 5.41 Å². The lowest BCUT2D eigenvalue weighted by Crippen LogP contribution is -2.28. The van der Waals surface area contributed by atoms with E-state index < -0.39 is 5.97 Å². The highest BCUT2D eigenvalue weighted by atomic mass is 16.4. The van der Waals surface area contributed by atoms with Gasteiger partial charge in [0.1, 0.15) is 0 Å². The van der Waals surface area contributed by atoms with Crippen LogP contribution in [0.3, 0.4) is 0 Å². The Morgan fingerprint density at radius 3 is 2.70 bits per heavy atom. The van der Waals surface area contributed by atoms with Crippen molar-refractivity contribution in [1.82, 2.24) is 30.4 Å². The molecule has 1 atom stereocenters. The van der Waals surface area contributed by atoms with Crippen molar-refractivity contribution in [2.24, 2.45) is 5.41 Å². The highest BCUT2D eigenvalue weighted by Gasteiger charge is 2.32. The van der Waals surface area contributed by atoms with Crippen molar-refractivity contribution in [2.45, 2.75) is 33.2 Å². The van der Waals surface area contributed by atoms with Crippen molar-refractivity contribution >= 4 is 5.97 Å². The Hall–Kier alpha value is -2.38. The average Bonchev–Trinajstić information content (AvgIpc) is 2.84. The van der Waals surface area contributed by atoms with Crippen molar-refractivity contribution in [1.29, 1.82) is 0 Å². The summed E-state index contributed by atoms with van der Waals surface area (Å²) in [5.74, 6) is -0.402. The molecule has 8 heteroatoms. The number of hydrogen-bond donors (Lipinski definition) is 1. The fraction of sp³-hybridized carbons (Fsp3) is 0.500. The normalized spacial score (nSPS) is 13.2. The number of rotatable bonds is 4. The van der Waals surface area contributed by atoms with Gasteiger partial charge < -0.3 is 5.11 Å². The number of aromatic nitrogens is 6. The summed E-state index contributed by atoms with van der Waals surface area (Å²) in [5, 5.41) is 28.2. The van der Waals surface area contributed by atoms with Crippen LogP contribution in [0.15, 0.2) is 18.5 Å². The molecule has 0 bridgehead atoms. The third-order valence-corrected chi connectivity index (χ3v) is 3.00. The molecule has 0 amide bonds. The summed E-state index contributed by atoms with van der Waals surface area (Å²) in [6, 6.07) is 1.37. The molecule has 106 valence electrons. The third kappa shape index (κ3) is 2.95. The molecule has 0 radical (unpaired) electrons. The van der Waals surface area contributed by atoms with Crippen molar-refractivity contribution in [3.63, 3.8) is 0 Å². The molecule has 0 saturated carbocycles. The predicted octanol–water partition coefficient (Wildman–Crippen LogP) is 1.19. The SMILES string of the molecule is CC(C)(C)C(CC(=O)O)n1nnnc1-c1ccnnc1. The zero-order valence-electron chi connectivity index (χ0n) is 11.6. The van der Waals surface area contributed by atoms with Crippen LogP contribution in [0.1, 0.15) is 33.2 Å². The second kappa shape index (κ2) is 5.32. The Labute approximate surface area is 115 Å². The minimum atomic E-state index is -0.890. The van der Waals surface area contributed by atoms with Gasteiger partial charge in [0.05, 0.1) is 24.9 Å². The van der Waals surface area contributed by atoms with Crippen LogP contribution < -0.4 is 0 Å². The van der Waals surface area contributed by atoms with E-state index in [0.717, 1.165) is 0 Å². The maximum Gasteiger partial charge on any atom is 0.305 e. The Morgan fingerprint density at radius 2 is 2.15 bits per heavy atom. The zero-order valence-corrected chi connectivity index (χ0v) is 11.6. The highest BCUT2D eigenvalue weighted by Crippen LogP contribution is 2.34. The summed E-state index contributed by atoms with van der Waals surface area (Å²) in [6.07, 6.45) is 3.03. The number of carboxylic acids is 1. The molecule has 8 nitrogen and oxygen atoms in total. The molecule has 0 aliphatic carbocycles. The number of hydrogen-bond acceptors (Lipinski definition) is 6. The van der Waals surface area contributed by atoms with E-state index in [4.69, 9.17) is 5.11 Å². The van der Waals surface area contributed by atoms with Gasteiger partial charge in [-0.25, -0.2) is 4.68 Å². The molecule has 20 heavy (non-hydrogen) atoms. The molecule has 0 fully saturated rings. The topological polar surface area (TPSA) is 107 Å². The van der Waals surface area contributed by atoms with Crippen LogP contribution in [0.4, 0.5) is 0 Å². The van der Waals surface area contributed by atoms with E-state index in [1.807, 2.05) is 20.8 Å². The smallest absolute Gasteiger partial charge is 0.305 e. The first kappa shape index (κ1) is 14.0. The molecule has 0 saturated heterocycles. The maximum atomic E-state index is 11.1. The summed E-state index contributed by atoms with van der Waals surface area (Å²) < 4.78 is 1.55. The minimum Gasteiger partial charge on any atom is -0.481 e. The van der Waals surface area contributed by atoms with Crippen LogP contribution in [0.25, 0.3) is 11.4 Å². The van der Waals surface area contributed by atoms with Gasteiger partial charge in [-0.2, -0.15) is 10.2 Å². The summed E-state index contributed by atoms with van der Waals surface area (Å²) >= 11 is 0.